The molecule has 0 aliphatic heterocycles. The van der Waals surface area contributed by atoms with Crippen molar-refractivity contribution in [2.45, 2.75) is 12.7 Å². The van der Waals surface area contributed by atoms with Gasteiger partial charge in [-0.1, -0.05) is 12.1 Å². The summed E-state index contributed by atoms with van der Waals surface area (Å²) in [7, 11) is 0. The molecule has 0 fully saturated rings. The predicted octanol–water partition coefficient (Wildman–Crippen LogP) is 7.72. The summed E-state index contributed by atoms with van der Waals surface area (Å²) in [6, 6.07) is 21.8. The van der Waals surface area contributed by atoms with E-state index in [0.717, 1.165) is 36.4 Å². The average molecular weight is 699 g/mol. The Bertz CT molecular complexity index is 2430. The van der Waals surface area contributed by atoms with Gasteiger partial charge in [-0.2, -0.15) is 42.1 Å². The predicted molar refractivity (Wildman–Crippen MR) is 163 cm³/mol. The number of nitriles is 8. The average Bonchev–Trinajstić information content (AvgIpc) is 3.58. The molecule has 0 N–H and O–H groups in total. The van der Waals surface area contributed by atoms with Gasteiger partial charge in [0.15, 0.2) is 0 Å². The summed E-state index contributed by atoms with van der Waals surface area (Å²) in [4.78, 5) is 0. The van der Waals surface area contributed by atoms with Crippen LogP contribution in [0.4, 0.5) is 26.3 Å². The lowest BCUT2D eigenvalue weighted by Gasteiger charge is -2.14. The third kappa shape index (κ3) is 5.96. The highest BCUT2D eigenvalue weighted by Crippen LogP contribution is 2.55. The summed E-state index contributed by atoms with van der Waals surface area (Å²) in [6.07, 6.45) is -10.5. The molecule has 0 atom stereocenters. The standard InChI is InChI=1S/C36H8F6N8O2/c37-35(38,39)51-29-5-17(1-3-19(29)9-43)31-27(15-49)23-7-26-24(8-25(23)33(31)21(11-45)12-46)28(16-50)32(34(26)22(13-47)14-48)18-2-4-20(10-44)30(6-18)52-36(40,41)42/h1-8H. The topological polar surface area (TPSA) is 209 Å². The van der Waals surface area contributed by atoms with Crippen molar-refractivity contribution in [1.82, 2.24) is 0 Å². The van der Waals surface area contributed by atoms with Gasteiger partial charge in [0, 0.05) is 33.4 Å². The minimum Gasteiger partial charge on any atom is -0.404 e. The van der Waals surface area contributed by atoms with Crippen molar-refractivity contribution in [1.29, 1.82) is 42.1 Å². The van der Waals surface area contributed by atoms with Crippen molar-refractivity contribution in [3.63, 3.8) is 0 Å². The molecule has 3 aromatic carbocycles. The molecule has 0 saturated carbocycles. The maximum atomic E-state index is 13.2. The smallest absolute Gasteiger partial charge is 0.404 e. The molecular formula is C36H8F6N8O2. The van der Waals surface area contributed by atoms with Crippen LogP contribution >= 0.6 is 0 Å². The van der Waals surface area contributed by atoms with E-state index in [1.54, 1.807) is 36.4 Å². The van der Waals surface area contributed by atoms with Gasteiger partial charge in [0.2, 0.25) is 0 Å². The van der Waals surface area contributed by atoms with Crippen LogP contribution in [0.5, 0.6) is 11.5 Å². The number of nitrogens with zero attached hydrogens (tertiary/aromatic N) is 8. The monoisotopic (exact) mass is 698 g/mol. The van der Waals surface area contributed by atoms with Crippen molar-refractivity contribution < 1.29 is 35.8 Å². The number of hydrogen-bond acceptors (Lipinski definition) is 10. The van der Waals surface area contributed by atoms with Gasteiger partial charge in [-0.3, -0.25) is 0 Å². The highest BCUT2D eigenvalue weighted by Gasteiger charge is 2.39. The van der Waals surface area contributed by atoms with Crippen LogP contribution in [-0.4, -0.2) is 12.7 Å². The molecule has 0 spiro atoms. The van der Waals surface area contributed by atoms with Crippen LogP contribution in [0.3, 0.4) is 0 Å². The minimum absolute atomic E-state index is 0.0595. The molecule has 0 amide bonds. The molecule has 2 aliphatic carbocycles. The Hall–Kier alpha value is -8.28. The summed E-state index contributed by atoms with van der Waals surface area (Å²) in [5.74, 6) is -1.92. The number of benzene rings is 3. The van der Waals surface area contributed by atoms with E-state index in [1.807, 2.05) is 12.1 Å². The van der Waals surface area contributed by atoms with Crippen molar-refractivity contribution in [2.24, 2.45) is 0 Å². The molecule has 0 aromatic heterocycles. The lowest BCUT2D eigenvalue weighted by Crippen LogP contribution is -2.18. The first kappa shape index (κ1) is 35.0. The van der Waals surface area contributed by atoms with Gasteiger partial charge in [-0.25, -0.2) is 0 Å². The number of hydrogen-bond donors (Lipinski definition) is 0. The summed E-state index contributed by atoms with van der Waals surface area (Å²) in [6.45, 7) is 0. The second-order valence-corrected chi connectivity index (χ2v) is 10.4. The van der Waals surface area contributed by atoms with Gasteiger partial charge in [0.05, 0.1) is 22.3 Å². The number of fused-ring (bicyclic) bond motifs is 2. The van der Waals surface area contributed by atoms with Gasteiger partial charge in [0.25, 0.3) is 0 Å². The van der Waals surface area contributed by atoms with E-state index < -0.39 is 46.5 Å². The van der Waals surface area contributed by atoms with Crippen molar-refractivity contribution in [3.8, 4) is 60.1 Å². The van der Waals surface area contributed by atoms with E-state index in [4.69, 9.17) is 0 Å². The van der Waals surface area contributed by atoms with E-state index >= 15 is 0 Å². The second-order valence-electron chi connectivity index (χ2n) is 10.4. The molecule has 10 nitrogen and oxygen atoms in total. The fourth-order valence-corrected chi connectivity index (χ4v) is 5.78. The van der Waals surface area contributed by atoms with E-state index in [1.165, 1.54) is 12.1 Å². The molecule has 0 heterocycles. The molecule has 16 heteroatoms. The number of halogens is 6. The first-order valence-corrected chi connectivity index (χ1v) is 13.9. The van der Waals surface area contributed by atoms with Crippen LogP contribution in [0.2, 0.25) is 0 Å². The molecule has 0 saturated heterocycles. The normalized spacial score (nSPS) is 12.8. The quantitative estimate of drug-likeness (QED) is 0.191. The van der Waals surface area contributed by atoms with E-state index in [-0.39, 0.29) is 66.8 Å². The van der Waals surface area contributed by atoms with Crippen LogP contribution in [0.1, 0.15) is 44.5 Å². The molecule has 5 rings (SSSR count). The van der Waals surface area contributed by atoms with Crippen molar-refractivity contribution >= 4 is 33.4 Å². The van der Waals surface area contributed by atoms with Crippen molar-refractivity contribution in [2.75, 3.05) is 0 Å². The number of alkyl halides is 6. The van der Waals surface area contributed by atoms with Gasteiger partial charge < -0.3 is 9.47 Å². The van der Waals surface area contributed by atoms with Gasteiger partial charge in [-0.15, -0.1) is 26.3 Å². The molecule has 0 unspecified atom stereocenters. The highest BCUT2D eigenvalue weighted by molar-refractivity contribution is 6.30. The zero-order chi connectivity index (χ0) is 38.1. The van der Waals surface area contributed by atoms with Crippen LogP contribution in [0.25, 0.3) is 33.4 Å². The first-order chi connectivity index (χ1) is 24.7. The maximum Gasteiger partial charge on any atom is 0.573 e. The summed E-state index contributed by atoms with van der Waals surface area (Å²) in [5, 5.41) is 79.2. The Morgan fingerprint density at radius 2 is 0.808 bits per heavy atom. The third-order valence-electron chi connectivity index (χ3n) is 7.64. The lowest BCUT2D eigenvalue weighted by atomic mass is 9.90. The molecule has 0 bridgehead atoms. The van der Waals surface area contributed by atoms with Gasteiger partial charge in [0.1, 0.15) is 71.2 Å². The zero-order valence-electron chi connectivity index (χ0n) is 25.3. The maximum absolute atomic E-state index is 13.2. The molecule has 0 radical (unpaired) electrons. The Balaban J connectivity index is 1.88. The van der Waals surface area contributed by atoms with E-state index in [9.17, 15) is 68.4 Å². The molecule has 52 heavy (non-hydrogen) atoms. The lowest BCUT2D eigenvalue weighted by molar-refractivity contribution is -0.275. The van der Waals surface area contributed by atoms with Crippen LogP contribution in [0.15, 0.2) is 59.7 Å². The van der Waals surface area contributed by atoms with Crippen molar-refractivity contribution in [3.05, 3.63) is 104 Å². The Morgan fingerprint density at radius 1 is 0.462 bits per heavy atom. The fraction of sp³-hybridized carbons (Fsp3) is 0.0556. The van der Waals surface area contributed by atoms with Crippen LogP contribution < -0.4 is 9.47 Å². The summed E-state index contributed by atoms with van der Waals surface area (Å²) >= 11 is 0. The van der Waals surface area contributed by atoms with Gasteiger partial charge >= 0.3 is 12.7 Å². The third-order valence-corrected chi connectivity index (χ3v) is 7.64. The molecular weight excluding hydrogens is 690 g/mol. The first-order valence-electron chi connectivity index (χ1n) is 13.9. The Morgan fingerprint density at radius 3 is 1.08 bits per heavy atom. The summed E-state index contributed by atoms with van der Waals surface area (Å²) < 4.78 is 87.5. The Labute approximate surface area is 288 Å². The SMILES string of the molecule is N#CC(C#N)=C1C(c2ccc(C#N)c(OC(F)(F)F)c2)=C(C#N)c2cc3c(cc21)C(C#N)=C(c1ccc(C#N)c(OC(F)(F)F)c1)C3=C(C#N)C#N. The fourth-order valence-electron chi connectivity index (χ4n) is 5.78. The number of rotatable bonds is 4. The van der Waals surface area contributed by atoms with E-state index in [0.29, 0.717) is 0 Å². The Kier molecular flexibility index (Phi) is 8.74. The van der Waals surface area contributed by atoms with Crippen LogP contribution in [0, 0.1) is 90.6 Å². The minimum atomic E-state index is -5.24. The highest BCUT2D eigenvalue weighted by atomic mass is 19.4. The summed E-state index contributed by atoms with van der Waals surface area (Å²) in [5.41, 5.74) is -4.61. The van der Waals surface area contributed by atoms with E-state index in [2.05, 4.69) is 9.47 Å². The number of ether oxygens (including phenoxy) is 2. The largest absolute Gasteiger partial charge is 0.573 e. The number of allylic oxidation sites excluding steroid dienone is 8. The molecule has 2 aliphatic rings. The second kappa shape index (κ2) is 13.0. The molecule has 246 valence electrons. The molecule has 3 aromatic rings. The van der Waals surface area contributed by atoms with Crippen LogP contribution in [-0.2, 0) is 0 Å². The zero-order valence-corrected chi connectivity index (χ0v) is 25.3. The van der Waals surface area contributed by atoms with Gasteiger partial charge in [-0.05, 0) is 58.7 Å².